The Bertz CT molecular complexity index is 2410. The van der Waals surface area contributed by atoms with E-state index in [2.05, 4.69) is 72.8 Å². The number of fused-ring (bicyclic) bond motifs is 4. The number of benzene rings is 6. The average Bonchev–Trinajstić information content (AvgIpc) is 3.43. The number of imidazole rings is 1. The molecule has 1 N–H and O–H groups in total. The Morgan fingerprint density at radius 1 is 0.729 bits per heavy atom. The van der Waals surface area contributed by atoms with Crippen LogP contribution >= 0.6 is 0 Å². The van der Waals surface area contributed by atoms with Crippen molar-refractivity contribution in [3.05, 3.63) is 156 Å². The molecule has 48 heavy (non-hydrogen) atoms. The third-order valence-electron chi connectivity index (χ3n) is 8.49. The Kier molecular flexibility index (Phi) is 9.23. The van der Waals surface area contributed by atoms with Gasteiger partial charge in [-0.3, -0.25) is 4.57 Å². The summed E-state index contributed by atoms with van der Waals surface area (Å²) < 4.78 is 16.5. The standard InChI is InChI=1S/C21H15FN.C21H18N2O.Ir/c1-13-9-14(2)11-16(10-13)21-20-15(7-8-23-21)12-19(22)17-5-3-4-6-18(17)20;1-14-8-7-9-15(2)20(14)23-18-12-5-4-11-17(18)22-21(23)16-10-3-6-13-19(16)24;/h3-10,12H,1-2H3;3-13,24H,1-2H3;/q-1;;. The van der Waals surface area contributed by atoms with E-state index in [0.717, 1.165) is 61.1 Å². The Morgan fingerprint density at radius 2 is 1.42 bits per heavy atom. The number of hydrogen-bond acceptors (Lipinski definition) is 3. The summed E-state index contributed by atoms with van der Waals surface area (Å²) in [5, 5.41) is 13.7. The fourth-order valence-corrected chi connectivity index (χ4v) is 6.49. The molecule has 239 valence electrons. The Hall–Kier alpha value is -5.16. The van der Waals surface area contributed by atoms with Crippen LogP contribution in [0.3, 0.4) is 0 Å². The minimum atomic E-state index is -0.199. The molecular formula is C42H33FIrN3O-. The van der Waals surface area contributed by atoms with E-state index in [1.54, 1.807) is 18.3 Å². The number of aromatic nitrogens is 3. The molecule has 6 aromatic carbocycles. The van der Waals surface area contributed by atoms with E-state index in [9.17, 15) is 9.50 Å². The Labute approximate surface area is 292 Å². The second-order valence-corrected chi connectivity index (χ2v) is 11.9. The van der Waals surface area contributed by atoms with Crippen molar-refractivity contribution in [3.63, 3.8) is 0 Å². The van der Waals surface area contributed by atoms with Crippen LogP contribution in [0.1, 0.15) is 22.3 Å². The molecule has 0 aliphatic heterocycles. The SMILES string of the molecule is Cc1[c-]c(-c2nccc3cc(F)c4ccccc4c23)cc(C)c1.Cc1cccc(C)c1-n1c(-c2ccccc2O)nc2ccccc21.[Ir]. The van der Waals surface area contributed by atoms with Gasteiger partial charge in [-0.1, -0.05) is 80.6 Å². The Balaban J connectivity index is 0.000000164. The van der Waals surface area contributed by atoms with Crippen molar-refractivity contribution in [1.82, 2.24) is 14.5 Å². The van der Waals surface area contributed by atoms with E-state index >= 15 is 0 Å². The topological polar surface area (TPSA) is 50.9 Å². The quantitative estimate of drug-likeness (QED) is 0.143. The van der Waals surface area contributed by atoms with Gasteiger partial charge < -0.3 is 10.1 Å². The summed E-state index contributed by atoms with van der Waals surface area (Å²) in [6.45, 7) is 8.30. The van der Waals surface area contributed by atoms with Crippen LogP contribution < -0.4 is 0 Å². The molecule has 0 saturated carbocycles. The molecule has 2 heterocycles. The largest absolute Gasteiger partial charge is 0.507 e. The van der Waals surface area contributed by atoms with Crippen molar-refractivity contribution in [2.45, 2.75) is 27.7 Å². The normalized spacial score (nSPS) is 10.9. The predicted octanol–water partition coefficient (Wildman–Crippen LogP) is 10.6. The first-order valence-corrected chi connectivity index (χ1v) is 15.6. The van der Waals surface area contributed by atoms with E-state index in [1.807, 2.05) is 73.7 Å². The maximum Gasteiger partial charge on any atom is 0.149 e. The van der Waals surface area contributed by atoms with Crippen molar-refractivity contribution < 1.29 is 29.6 Å². The predicted molar refractivity (Wildman–Crippen MR) is 191 cm³/mol. The molecule has 0 atom stereocenters. The third-order valence-corrected chi connectivity index (χ3v) is 8.49. The van der Waals surface area contributed by atoms with Crippen LogP contribution in [0.25, 0.3) is 60.9 Å². The number of nitrogens with zero attached hydrogens (tertiary/aromatic N) is 3. The van der Waals surface area contributed by atoms with Crippen LogP contribution in [-0.4, -0.2) is 19.6 Å². The fraction of sp³-hybridized carbons (Fsp3) is 0.0952. The molecular weight excluding hydrogens is 774 g/mol. The number of hydrogen-bond donors (Lipinski definition) is 1. The zero-order chi connectivity index (χ0) is 32.7. The maximum atomic E-state index is 14.4. The number of phenolic OH excluding ortho intramolecular Hbond substituents is 1. The molecule has 2 aromatic heterocycles. The van der Waals surface area contributed by atoms with Gasteiger partial charge in [0, 0.05) is 31.7 Å². The second-order valence-electron chi connectivity index (χ2n) is 11.9. The van der Waals surface area contributed by atoms with Gasteiger partial charge >= 0.3 is 0 Å². The van der Waals surface area contributed by atoms with E-state index in [1.165, 1.54) is 16.7 Å². The zero-order valence-corrected chi connectivity index (χ0v) is 29.4. The van der Waals surface area contributed by atoms with Crippen LogP contribution in [0.5, 0.6) is 5.75 Å². The van der Waals surface area contributed by atoms with Crippen LogP contribution in [-0.2, 0) is 20.1 Å². The number of para-hydroxylation sites is 4. The van der Waals surface area contributed by atoms with Gasteiger partial charge in [0.05, 0.1) is 22.3 Å². The van der Waals surface area contributed by atoms with E-state index in [-0.39, 0.29) is 31.7 Å². The van der Waals surface area contributed by atoms with Crippen molar-refractivity contribution in [2.24, 2.45) is 0 Å². The van der Waals surface area contributed by atoms with E-state index < -0.39 is 0 Å². The molecule has 8 rings (SSSR count). The number of rotatable bonds is 3. The maximum absolute atomic E-state index is 14.4. The van der Waals surface area contributed by atoms with Gasteiger partial charge in [0.2, 0.25) is 0 Å². The molecule has 1 radical (unpaired) electrons. The van der Waals surface area contributed by atoms with Crippen LogP contribution in [0.2, 0.25) is 0 Å². The van der Waals surface area contributed by atoms with Crippen molar-refractivity contribution >= 4 is 32.6 Å². The minimum absolute atomic E-state index is 0. The third kappa shape index (κ3) is 6.01. The van der Waals surface area contributed by atoms with Crippen molar-refractivity contribution in [3.8, 4) is 34.1 Å². The molecule has 0 bridgehead atoms. The first-order chi connectivity index (χ1) is 22.8. The van der Waals surface area contributed by atoms with Gasteiger partial charge in [-0.2, -0.15) is 0 Å². The number of pyridine rings is 1. The van der Waals surface area contributed by atoms with Gasteiger partial charge in [0.25, 0.3) is 0 Å². The van der Waals surface area contributed by atoms with Crippen LogP contribution in [0.15, 0.2) is 121 Å². The number of phenols is 1. The minimum Gasteiger partial charge on any atom is -0.507 e. The van der Waals surface area contributed by atoms with Crippen LogP contribution in [0.4, 0.5) is 4.39 Å². The summed E-state index contributed by atoms with van der Waals surface area (Å²) in [6, 6.07) is 40.2. The first-order valence-electron chi connectivity index (χ1n) is 15.6. The summed E-state index contributed by atoms with van der Waals surface area (Å²) in [7, 11) is 0. The van der Waals surface area contributed by atoms with Gasteiger partial charge in [-0.05, 0) is 83.2 Å². The molecule has 0 aliphatic carbocycles. The fourth-order valence-electron chi connectivity index (χ4n) is 6.49. The molecule has 0 aliphatic rings. The Morgan fingerprint density at radius 3 is 2.17 bits per heavy atom. The summed E-state index contributed by atoms with van der Waals surface area (Å²) in [4.78, 5) is 9.39. The molecule has 0 fully saturated rings. The zero-order valence-electron chi connectivity index (χ0n) is 27.0. The van der Waals surface area contributed by atoms with Gasteiger partial charge in [-0.15, -0.1) is 34.9 Å². The van der Waals surface area contributed by atoms with Crippen LogP contribution in [0, 0.1) is 39.6 Å². The smallest absolute Gasteiger partial charge is 0.149 e. The molecule has 0 spiro atoms. The van der Waals surface area contributed by atoms with E-state index in [4.69, 9.17) is 4.98 Å². The molecule has 4 nitrogen and oxygen atoms in total. The van der Waals surface area contributed by atoms with Gasteiger partial charge in [0.15, 0.2) is 0 Å². The number of aryl methyl sites for hydroxylation is 4. The van der Waals surface area contributed by atoms with Crippen molar-refractivity contribution in [1.29, 1.82) is 0 Å². The second kappa shape index (κ2) is 13.5. The molecule has 8 aromatic rings. The van der Waals surface area contributed by atoms with Gasteiger partial charge in [0.1, 0.15) is 17.4 Å². The van der Waals surface area contributed by atoms with Gasteiger partial charge in [-0.25, -0.2) is 9.37 Å². The average molecular weight is 807 g/mol. The number of halogens is 1. The monoisotopic (exact) mass is 807 g/mol. The summed E-state index contributed by atoms with van der Waals surface area (Å²) in [6.07, 6.45) is 1.73. The summed E-state index contributed by atoms with van der Waals surface area (Å²) in [5.74, 6) is 0.793. The molecule has 0 unspecified atom stereocenters. The first kappa shape index (κ1) is 32.8. The van der Waals surface area contributed by atoms with Crippen molar-refractivity contribution in [2.75, 3.05) is 0 Å². The molecule has 6 heteroatoms. The summed E-state index contributed by atoms with van der Waals surface area (Å²) in [5.41, 5.74) is 10.2. The summed E-state index contributed by atoms with van der Waals surface area (Å²) >= 11 is 0. The van der Waals surface area contributed by atoms with E-state index in [0.29, 0.717) is 5.39 Å². The molecule has 0 saturated heterocycles. The number of aromatic hydroxyl groups is 1. The molecule has 0 amide bonds.